The highest BCUT2D eigenvalue weighted by Gasteiger charge is 2.30. The van der Waals surface area contributed by atoms with Crippen LogP contribution in [0, 0.1) is 5.82 Å². The van der Waals surface area contributed by atoms with Gasteiger partial charge in [-0.15, -0.1) is 0 Å². The largest absolute Gasteiger partial charge is 0.355 e. The molecule has 0 N–H and O–H groups in total. The normalized spacial score (nSPS) is 21.4. The zero-order valence-electron chi connectivity index (χ0n) is 8.93. The minimum Gasteiger partial charge on any atom is -0.355 e. The maximum absolute atomic E-state index is 12.7. The van der Waals surface area contributed by atoms with Crippen molar-refractivity contribution in [3.63, 3.8) is 0 Å². The molecule has 1 aliphatic heterocycles. The van der Waals surface area contributed by atoms with E-state index in [2.05, 4.69) is 4.98 Å². The first-order chi connectivity index (χ1) is 7.47. The summed E-state index contributed by atoms with van der Waals surface area (Å²) in [6.07, 6.45) is 3.00. The van der Waals surface area contributed by atoms with E-state index in [1.165, 1.54) is 12.3 Å². The lowest BCUT2D eigenvalue weighted by Crippen LogP contribution is -2.26. The topological polar surface area (TPSA) is 50.3 Å². The van der Waals surface area contributed by atoms with E-state index in [0.717, 1.165) is 6.20 Å². The first-order valence-electron chi connectivity index (χ1n) is 5.02. The van der Waals surface area contributed by atoms with Crippen LogP contribution in [0.1, 0.15) is 6.42 Å². The van der Waals surface area contributed by atoms with Crippen molar-refractivity contribution in [3.05, 3.63) is 24.1 Å². The number of hydrogen-bond donors (Lipinski definition) is 0. The van der Waals surface area contributed by atoms with Crippen LogP contribution in [0.3, 0.4) is 0 Å². The van der Waals surface area contributed by atoms with Gasteiger partial charge in [-0.2, -0.15) is 0 Å². The van der Waals surface area contributed by atoms with Gasteiger partial charge in [0, 0.05) is 19.3 Å². The van der Waals surface area contributed by atoms with Gasteiger partial charge in [-0.05, 0) is 18.6 Å². The van der Waals surface area contributed by atoms with Gasteiger partial charge in [-0.3, -0.25) is 0 Å². The summed E-state index contributed by atoms with van der Waals surface area (Å²) in [6.45, 7) is 1.09. The summed E-state index contributed by atoms with van der Waals surface area (Å²) in [6, 6.07) is 2.90. The van der Waals surface area contributed by atoms with Gasteiger partial charge in [0.1, 0.15) is 11.6 Å². The van der Waals surface area contributed by atoms with E-state index in [-0.39, 0.29) is 11.1 Å². The molecule has 0 radical (unpaired) electrons. The summed E-state index contributed by atoms with van der Waals surface area (Å²) in [7, 11) is -3.00. The maximum atomic E-state index is 12.7. The lowest BCUT2D eigenvalue weighted by atomic mass is 10.4. The zero-order valence-corrected chi connectivity index (χ0v) is 9.74. The van der Waals surface area contributed by atoms with E-state index >= 15 is 0 Å². The van der Waals surface area contributed by atoms with E-state index in [1.54, 1.807) is 6.07 Å². The van der Waals surface area contributed by atoms with Crippen LogP contribution in [-0.2, 0) is 9.84 Å². The first kappa shape index (κ1) is 11.3. The van der Waals surface area contributed by atoms with Gasteiger partial charge in [-0.25, -0.2) is 17.8 Å². The van der Waals surface area contributed by atoms with Crippen LogP contribution in [0.25, 0.3) is 0 Å². The highest BCUT2D eigenvalue weighted by molar-refractivity contribution is 7.91. The van der Waals surface area contributed by atoms with Gasteiger partial charge in [-0.1, -0.05) is 0 Å². The van der Waals surface area contributed by atoms with E-state index in [0.29, 0.717) is 25.3 Å². The quantitative estimate of drug-likeness (QED) is 0.773. The molecular formula is C10H13FN2O2S. The summed E-state index contributed by atoms with van der Waals surface area (Å²) < 4.78 is 35.4. The Labute approximate surface area is 94.0 Å². The van der Waals surface area contributed by atoms with Crippen molar-refractivity contribution in [1.29, 1.82) is 0 Å². The Morgan fingerprint density at radius 3 is 2.75 bits per heavy atom. The fourth-order valence-electron chi connectivity index (χ4n) is 1.84. The molecular weight excluding hydrogens is 231 g/mol. The fraction of sp³-hybridized carbons (Fsp3) is 0.500. The van der Waals surface area contributed by atoms with Gasteiger partial charge >= 0.3 is 0 Å². The van der Waals surface area contributed by atoms with Crippen LogP contribution in [0.2, 0.25) is 0 Å². The predicted molar refractivity (Wildman–Crippen MR) is 59.7 cm³/mol. The minimum atomic E-state index is -3.00. The van der Waals surface area contributed by atoms with Gasteiger partial charge in [0.25, 0.3) is 0 Å². The van der Waals surface area contributed by atoms with Crippen LogP contribution in [0.15, 0.2) is 18.3 Å². The third-order valence-corrected chi connectivity index (χ3v) is 4.38. The second-order valence-corrected chi connectivity index (χ2v) is 6.35. The molecule has 1 aromatic rings. The number of nitrogens with zero attached hydrogens (tertiary/aromatic N) is 2. The van der Waals surface area contributed by atoms with E-state index in [1.807, 2.05) is 4.90 Å². The Kier molecular flexibility index (Phi) is 2.84. The Bertz CT molecular complexity index is 472. The number of anilines is 1. The molecule has 1 atom stereocenters. The molecule has 16 heavy (non-hydrogen) atoms. The van der Waals surface area contributed by atoms with Crippen molar-refractivity contribution < 1.29 is 12.8 Å². The average molecular weight is 244 g/mol. The standard InChI is InChI=1S/C10H13FN2O2S/c1-16(14,15)9-4-5-13(7-9)10-3-2-8(11)6-12-10/h2-3,6,9H,4-5,7H2,1H3. The fourth-order valence-corrected chi connectivity index (χ4v) is 2.83. The summed E-state index contributed by atoms with van der Waals surface area (Å²) in [5.41, 5.74) is 0. The molecule has 1 unspecified atom stereocenters. The van der Waals surface area contributed by atoms with Crippen LogP contribution >= 0.6 is 0 Å². The molecule has 4 nitrogen and oxygen atoms in total. The van der Waals surface area contributed by atoms with Gasteiger partial charge < -0.3 is 4.90 Å². The molecule has 1 saturated heterocycles. The van der Waals surface area contributed by atoms with Gasteiger partial charge in [0.2, 0.25) is 0 Å². The van der Waals surface area contributed by atoms with Crippen molar-refractivity contribution in [3.8, 4) is 0 Å². The smallest absolute Gasteiger partial charge is 0.152 e. The summed E-state index contributed by atoms with van der Waals surface area (Å²) >= 11 is 0. The molecule has 88 valence electrons. The average Bonchev–Trinajstić information content (AvgIpc) is 2.67. The van der Waals surface area contributed by atoms with Crippen LogP contribution in [0.5, 0.6) is 0 Å². The molecule has 1 aromatic heterocycles. The number of hydrogen-bond acceptors (Lipinski definition) is 4. The highest BCUT2D eigenvalue weighted by Crippen LogP contribution is 2.21. The molecule has 1 fully saturated rings. The highest BCUT2D eigenvalue weighted by atomic mass is 32.2. The molecule has 0 bridgehead atoms. The lowest BCUT2D eigenvalue weighted by molar-refractivity contribution is 0.589. The van der Waals surface area contributed by atoms with Crippen molar-refractivity contribution >= 4 is 15.7 Å². The number of pyridine rings is 1. The zero-order chi connectivity index (χ0) is 11.8. The third-order valence-electron chi connectivity index (χ3n) is 2.79. The van der Waals surface area contributed by atoms with Crippen molar-refractivity contribution in [2.75, 3.05) is 24.2 Å². The minimum absolute atomic E-state index is 0.334. The SMILES string of the molecule is CS(=O)(=O)C1CCN(c2ccc(F)cn2)C1. The first-order valence-corrected chi connectivity index (χ1v) is 6.97. The Hall–Kier alpha value is -1.17. The molecule has 0 aromatic carbocycles. The van der Waals surface area contributed by atoms with Crippen molar-refractivity contribution in [2.45, 2.75) is 11.7 Å². The second-order valence-electron chi connectivity index (χ2n) is 4.02. The third kappa shape index (κ3) is 2.32. The molecule has 2 heterocycles. The predicted octanol–water partition coefficient (Wildman–Crippen LogP) is 0.844. The van der Waals surface area contributed by atoms with Crippen molar-refractivity contribution in [1.82, 2.24) is 4.98 Å². The van der Waals surface area contributed by atoms with E-state index in [4.69, 9.17) is 0 Å². The summed E-state index contributed by atoms with van der Waals surface area (Å²) in [4.78, 5) is 5.80. The lowest BCUT2D eigenvalue weighted by Gasteiger charge is -2.16. The Morgan fingerprint density at radius 2 is 2.25 bits per heavy atom. The molecule has 6 heteroatoms. The maximum Gasteiger partial charge on any atom is 0.152 e. The van der Waals surface area contributed by atoms with Gasteiger partial charge in [0.15, 0.2) is 9.84 Å². The van der Waals surface area contributed by atoms with Crippen molar-refractivity contribution in [2.24, 2.45) is 0 Å². The Balaban J connectivity index is 2.12. The molecule has 0 spiro atoms. The molecule has 1 aliphatic rings. The Morgan fingerprint density at radius 1 is 1.50 bits per heavy atom. The molecule has 2 rings (SSSR count). The molecule has 0 saturated carbocycles. The van der Waals surface area contributed by atoms with E-state index < -0.39 is 9.84 Å². The number of aromatic nitrogens is 1. The molecule has 0 amide bonds. The number of sulfone groups is 1. The number of halogens is 1. The summed E-state index contributed by atoms with van der Waals surface area (Å²) in [5.74, 6) is 0.246. The van der Waals surface area contributed by atoms with Crippen LogP contribution in [-0.4, -0.2) is 38.0 Å². The van der Waals surface area contributed by atoms with Crippen LogP contribution < -0.4 is 4.90 Å². The van der Waals surface area contributed by atoms with E-state index in [9.17, 15) is 12.8 Å². The second kappa shape index (κ2) is 4.01. The number of rotatable bonds is 2. The van der Waals surface area contributed by atoms with Crippen LogP contribution in [0.4, 0.5) is 10.2 Å². The van der Waals surface area contributed by atoms with Gasteiger partial charge in [0.05, 0.1) is 11.4 Å². The molecule has 0 aliphatic carbocycles. The monoisotopic (exact) mass is 244 g/mol. The summed E-state index contributed by atoms with van der Waals surface area (Å²) in [5, 5.41) is -0.334.